The minimum absolute atomic E-state index is 0.00793. The summed E-state index contributed by atoms with van der Waals surface area (Å²) in [5.41, 5.74) is 7.45. The van der Waals surface area contributed by atoms with Gasteiger partial charge in [-0.3, -0.25) is 14.6 Å². The normalized spacial score (nSPS) is 15.7. The third kappa shape index (κ3) is 5.14. The maximum absolute atomic E-state index is 12.7. The number of nitrogens with one attached hydrogen (secondary N) is 2. The molecule has 1 unspecified atom stereocenters. The number of nitrogens with zero attached hydrogens (tertiary/aromatic N) is 1. The molecule has 27 heavy (non-hydrogen) atoms. The Morgan fingerprint density at radius 3 is 2.56 bits per heavy atom. The maximum Gasteiger partial charge on any atom is 0.257 e. The van der Waals surface area contributed by atoms with Gasteiger partial charge in [-0.1, -0.05) is 25.3 Å². The molecule has 2 amide bonds. The fraction of sp³-hybridized carbons (Fsp3) is 0.381. The lowest BCUT2D eigenvalue weighted by atomic mass is 9.84. The van der Waals surface area contributed by atoms with Crippen LogP contribution in [0, 0.1) is 5.92 Å². The second-order valence-electron chi connectivity index (χ2n) is 6.99. The largest absolute Gasteiger partial charge is 0.348 e. The van der Waals surface area contributed by atoms with Crippen molar-refractivity contribution in [2.45, 2.75) is 38.1 Å². The second kappa shape index (κ2) is 9.28. The number of nitrogens with two attached hydrogens (primary N) is 1. The van der Waals surface area contributed by atoms with Crippen LogP contribution in [0.1, 0.15) is 52.8 Å². The Bertz CT molecular complexity index is 773. The molecule has 1 saturated carbocycles. The number of amides is 2. The van der Waals surface area contributed by atoms with E-state index in [2.05, 4.69) is 15.6 Å². The molecule has 2 aromatic rings. The van der Waals surface area contributed by atoms with Crippen LogP contribution >= 0.6 is 0 Å². The van der Waals surface area contributed by atoms with E-state index in [0.717, 1.165) is 12.8 Å². The molecule has 1 aromatic carbocycles. The average molecular weight is 366 g/mol. The van der Waals surface area contributed by atoms with Crippen molar-refractivity contribution in [2.75, 3.05) is 11.9 Å². The highest BCUT2D eigenvalue weighted by molar-refractivity contribution is 6.04. The van der Waals surface area contributed by atoms with Gasteiger partial charge in [0.2, 0.25) is 0 Å². The van der Waals surface area contributed by atoms with Gasteiger partial charge in [-0.15, -0.1) is 0 Å². The molecule has 1 heterocycles. The maximum atomic E-state index is 12.7. The molecule has 1 aliphatic carbocycles. The number of hydrogen-bond acceptors (Lipinski definition) is 4. The summed E-state index contributed by atoms with van der Waals surface area (Å²) in [7, 11) is 0. The van der Waals surface area contributed by atoms with Crippen LogP contribution in [0.3, 0.4) is 0 Å². The van der Waals surface area contributed by atoms with Gasteiger partial charge in [0, 0.05) is 36.2 Å². The second-order valence-corrected chi connectivity index (χ2v) is 6.99. The molecule has 1 fully saturated rings. The van der Waals surface area contributed by atoms with Gasteiger partial charge in [0.25, 0.3) is 11.8 Å². The predicted molar refractivity (Wildman–Crippen MR) is 106 cm³/mol. The fourth-order valence-electron chi connectivity index (χ4n) is 3.60. The van der Waals surface area contributed by atoms with Crippen LogP contribution in [0.2, 0.25) is 0 Å². The first-order valence-electron chi connectivity index (χ1n) is 9.50. The highest BCUT2D eigenvalue weighted by Crippen LogP contribution is 2.26. The number of benzene rings is 1. The number of carbonyl (C=O) groups is 2. The van der Waals surface area contributed by atoms with Crippen molar-refractivity contribution in [1.29, 1.82) is 0 Å². The molecule has 6 heteroatoms. The van der Waals surface area contributed by atoms with Crippen LogP contribution in [0.5, 0.6) is 0 Å². The molecular formula is C21H26N4O2. The Morgan fingerprint density at radius 2 is 1.85 bits per heavy atom. The summed E-state index contributed by atoms with van der Waals surface area (Å²) < 4.78 is 0. The first-order valence-corrected chi connectivity index (χ1v) is 9.50. The van der Waals surface area contributed by atoms with Crippen LogP contribution in [-0.4, -0.2) is 29.4 Å². The number of carbonyl (C=O) groups excluding carboxylic acids is 2. The first kappa shape index (κ1) is 19.0. The van der Waals surface area contributed by atoms with Crippen LogP contribution in [-0.2, 0) is 0 Å². The van der Waals surface area contributed by atoms with Crippen molar-refractivity contribution < 1.29 is 9.59 Å². The van der Waals surface area contributed by atoms with Crippen LogP contribution in [0.15, 0.2) is 48.8 Å². The van der Waals surface area contributed by atoms with Gasteiger partial charge in [-0.05, 0) is 49.1 Å². The van der Waals surface area contributed by atoms with Gasteiger partial charge in [-0.2, -0.15) is 0 Å². The number of anilines is 1. The van der Waals surface area contributed by atoms with Crippen molar-refractivity contribution in [3.63, 3.8) is 0 Å². The highest BCUT2D eigenvalue weighted by Gasteiger charge is 2.24. The van der Waals surface area contributed by atoms with Crippen LogP contribution < -0.4 is 16.4 Å². The zero-order chi connectivity index (χ0) is 19.1. The molecule has 0 radical (unpaired) electrons. The van der Waals surface area contributed by atoms with Gasteiger partial charge in [0.05, 0.1) is 5.56 Å². The van der Waals surface area contributed by atoms with Crippen molar-refractivity contribution in [3.05, 3.63) is 59.9 Å². The molecule has 0 bridgehead atoms. The topological polar surface area (TPSA) is 97.1 Å². The Kier molecular flexibility index (Phi) is 6.54. The quantitative estimate of drug-likeness (QED) is 0.732. The molecular weight excluding hydrogens is 340 g/mol. The summed E-state index contributed by atoms with van der Waals surface area (Å²) in [6.45, 7) is 0.438. The number of pyridine rings is 1. The van der Waals surface area contributed by atoms with Gasteiger partial charge in [-0.25, -0.2) is 0 Å². The fourth-order valence-corrected chi connectivity index (χ4v) is 3.60. The smallest absolute Gasteiger partial charge is 0.257 e. The summed E-state index contributed by atoms with van der Waals surface area (Å²) in [5.74, 6) is 0.0253. The molecule has 0 saturated heterocycles. The van der Waals surface area contributed by atoms with Gasteiger partial charge >= 0.3 is 0 Å². The Morgan fingerprint density at radius 1 is 1.07 bits per heavy atom. The molecule has 142 valence electrons. The van der Waals surface area contributed by atoms with Crippen molar-refractivity contribution in [2.24, 2.45) is 11.7 Å². The summed E-state index contributed by atoms with van der Waals surface area (Å²) >= 11 is 0. The molecule has 3 rings (SSSR count). The van der Waals surface area contributed by atoms with E-state index < -0.39 is 0 Å². The van der Waals surface area contributed by atoms with Crippen molar-refractivity contribution >= 4 is 17.5 Å². The average Bonchev–Trinajstić information content (AvgIpc) is 2.73. The summed E-state index contributed by atoms with van der Waals surface area (Å²) in [5, 5.41) is 5.88. The highest BCUT2D eigenvalue weighted by atomic mass is 16.2. The van der Waals surface area contributed by atoms with E-state index >= 15 is 0 Å². The van der Waals surface area contributed by atoms with Crippen LogP contribution in [0.4, 0.5) is 5.69 Å². The monoisotopic (exact) mass is 366 g/mol. The third-order valence-electron chi connectivity index (χ3n) is 5.10. The van der Waals surface area contributed by atoms with E-state index in [-0.39, 0.29) is 17.9 Å². The summed E-state index contributed by atoms with van der Waals surface area (Å²) in [6.07, 6.45) is 9.01. The lowest BCUT2D eigenvalue weighted by molar-refractivity contribution is 0.0914. The SMILES string of the molecule is NCC(NC(=O)c1cccc(NC(=O)c2cccnc2)c1)C1CCCCC1. The molecule has 0 aliphatic heterocycles. The van der Waals surface area contributed by atoms with Crippen molar-refractivity contribution in [1.82, 2.24) is 10.3 Å². The van der Waals surface area contributed by atoms with Crippen molar-refractivity contribution in [3.8, 4) is 0 Å². The molecule has 6 nitrogen and oxygen atoms in total. The lowest BCUT2D eigenvalue weighted by Gasteiger charge is -2.30. The lowest BCUT2D eigenvalue weighted by Crippen LogP contribution is -2.45. The predicted octanol–water partition coefficient (Wildman–Crippen LogP) is 2.97. The number of hydrogen-bond donors (Lipinski definition) is 3. The summed E-state index contributed by atoms with van der Waals surface area (Å²) in [6, 6.07) is 10.3. The van der Waals surface area contributed by atoms with Gasteiger partial charge in [0.15, 0.2) is 0 Å². The van der Waals surface area contributed by atoms with E-state index in [1.807, 2.05) is 0 Å². The molecule has 0 spiro atoms. The Hall–Kier alpha value is -2.73. The van der Waals surface area contributed by atoms with Crippen LogP contribution in [0.25, 0.3) is 0 Å². The third-order valence-corrected chi connectivity index (χ3v) is 5.10. The van der Waals surface area contributed by atoms with Gasteiger partial charge in [0.1, 0.15) is 0 Å². The van der Waals surface area contributed by atoms with E-state index in [0.29, 0.717) is 29.3 Å². The molecule has 1 aliphatic rings. The van der Waals surface area contributed by atoms with E-state index in [1.54, 1.807) is 42.6 Å². The number of aromatic nitrogens is 1. The molecule has 4 N–H and O–H groups in total. The van der Waals surface area contributed by atoms with Gasteiger partial charge < -0.3 is 16.4 Å². The zero-order valence-corrected chi connectivity index (χ0v) is 15.4. The standard InChI is InChI=1S/C21H26N4O2/c22-13-19(15-6-2-1-3-7-15)25-20(26)16-8-4-10-18(12-16)24-21(27)17-9-5-11-23-14-17/h4-5,8-12,14-15,19H,1-3,6-7,13,22H2,(H,24,27)(H,25,26). The molecule has 1 atom stereocenters. The zero-order valence-electron chi connectivity index (χ0n) is 15.4. The number of rotatable bonds is 6. The first-order chi connectivity index (χ1) is 13.2. The van der Waals surface area contributed by atoms with E-state index in [9.17, 15) is 9.59 Å². The molecule has 1 aromatic heterocycles. The Balaban J connectivity index is 1.65. The summed E-state index contributed by atoms with van der Waals surface area (Å²) in [4.78, 5) is 28.9. The minimum Gasteiger partial charge on any atom is -0.348 e. The van der Waals surface area contributed by atoms with E-state index in [4.69, 9.17) is 5.73 Å². The minimum atomic E-state index is -0.261. The Labute approximate surface area is 159 Å². The van der Waals surface area contributed by atoms with E-state index in [1.165, 1.54) is 25.5 Å².